The van der Waals surface area contributed by atoms with Crippen molar-refractivity contribution in [1.29, 1.82) is 0 Å². The lowest BCUT2D eigenvalue weighted by Crippen LogP contribution is -2.19. The minimum absolute atomic E-state index is 0.146. The molecule has 0 saturated carbocycles. The highest BCUT2D eigenvalue weighted by Gasteiger charge is 2.27. The Labute approximate surface area is 132 Å². The zero-order chi connectivity index (χ0) is 15.1. The number of rotatable bonds is 1. The van der Waals surface area contributed by atoms with Gasteiger partial charge in [-0.3, -0.25) is 0 Å². The molecule has 2 nitrogen and oxygen atoms in total. The van der Waals surface area contributed by atoms with E-state index in [4.69, 9.17) is 9.47 Å². The first kappa shape index (κ1) is 13.8. The second-order valence-corrected chi connectivity index (χ2v) is 6.66. The van der Waals surface area contributed by atoms with Gasteiger partial charge in [-0.25, -0.2) is 0 Å². The zero-order valence-electron chi connectivity index (χ0n) is 13.2. The lowest BCUT2D eigenvalue weighted by atomic mass is 9.86. The number of para-hydroxylation sites is 1. The Bertz CT molecular complexity index is 692. The molecule has 0 N–H and O–H groups in total. The predicted octanol–water partition coefficient (Wildman–Crippen LogP) is 4.95. The van der Waals surface area contributed by atoms with Crippen molar-refractivity contribution in [3.8, 4) is 5.75 Å². The molecule has 2 aromatic rings. The molecule has 0 amide bonds. The van der Waals surface area contributed by atoms with E-state index in [1.54, 1.807) is 0 Å². The summed E-state index contributed by atoms with van der Waals surface area (Å²) in [5.74, 6) is 2.06. The Morgan fingerprint density at radius 2 is 1.82 bits per heavy atom. The van der Waals surface area contributed by atoms with E-state index in [1.807, 2.05) is 0 Å². The van der Waals surface area contributed by atoms with Gasteiger partial charge in [0, 0.05) is 5.92 Å². The topological polar surface area (TPSA) is 18.5 Å². The van der Waals surface area contributed by atoms with Gasteiger partial charge in [0.1, 0.15) is 11.9 Å². The summed E-state index contributed by atoms with van der Waals surface area (Å²) in [4.78, 5) is 0. The second-order valence-electron chi connectivity index (χ2n) is 6.66. The van der Waals surface area contributed by atoms with Crippen LogP contribution in [0.25, 0.3) is 0 Å². The fraction of sp³-hybridized carbons (Fsp3) is 0.400. The minimum Gasteiger partial charge on any atom is -0.485 e. The van der Waals surface area contributed by atoms with E-state index in [2.05, 4.69) is 56.3 Å². The molecule has 4 rings (SSSR count). The molecule has 0 aromatic heterocycles. The van der Waals surface area contributed by atoms with E-state index in [1.165, 1.54) is 22.3 Å². The monoisotopic (exact) mass is 294 g/mol. The van der Waals surface area contributed by atoms with E-state index in [0.717, 1.165) is 25.4 Å². The largest absolute Gasteiger partial charge is 0.485 e. The molecule has 3 unspecified atom stereocenters. The molecular weight excluding hydrogens is 272 g/mol. The summed E-state index contributed by atoms with van der Waals surface area (Å²) in [7, 11) is 0. The zero-order valence-corrected chi connectivity index (χ0v) is 13.2. The van der Waals surface area contributed by atoms with Crippen LogP contribution in [-0.2, 0) is 11.3 Å². The predicted molar refractivity (Wildman–Crippen MR) is 87.4 cm³/mol. The van der Waals surface area contributed by atoms with Crippen molar-refractivity contribution in [2.24, 2.45) is 0 Å². The molecule has 3 atom stereocenters. The molecule has 2 heterocycles. The number of hydrogen-bond acceptors (Lipinski definition) is 2. The van der Waals surface area contributed by atoms with Crippen LogP contribution in [-0.4, -0.2) is 6.61 Å². The summed E-state index contributed by atoms with van der Waals surface area (Å²) in [5, 5.41) is 0. The van der Waals surface area contributed by atoms with Crippen molar-refractivity contribution in [3.63, 3.8) is 0 Å². The molecule has 0 bridgehead atoms. The van der Waals surface area contributed by atoms with E-state index in [9.17, 15) is 0 Å². The molecule has 0 fully saturated rings. The van der Waals surface area contributed by atoms with E-state index < -0.39 is 0 Å². The van der Waals surface area contributed by atoms with Gasteiger partial charge in [0.05, 0.1) is 13.2 Å². The number of fused-ring (bicyclic) bond motifs is 2. The molecule has 2 aliphatic rings. The van der Waals surface area contributed by atoms with Crippen molar-refractivity contribution < 1.29 is 9.47 Å². The lowest BCUT2D eigenvalue weighted by molar-refractivity contribution is 0.0946. The Balaban J connectivity index is 1.66. The average Bonchev–Trinajstić information content (AvgIpc) is 2.55. The maximum atomic E-state index is 6.27. The molecule has 0 saturated heterocycles. The Morgan fingerprint density at radius 3 is 2.73 bits per heavy atom. The van der Waals surface area contributed by atoms with Gasteiger partial charge in [-0.2, -0.15) is 0 Å². The first-order valence-electron chi connectivity index (χ1n) is 8.18. The van der Waals surface area contributed by atoms with E-state index in [-0.39, 0.29) is 6.10 Å². The van der Waals surface area contributed by atoms with E-state index in [0.29, 0.717) is 11.8 Å². The van der Waals surface area contributed by atoms with Gasteiger partial charge in [0.25, 0.3) is 0 Å². The van der Waals surface area contributed by atoms with Gasteiger partial charge in [-0.05, 0) is 46.7 Å². The van der Waals surface area contributed by atoms with Crippen molar-refractivity contribution in [2.75, 3.05) is 6.61 Å². The van der Waals surface area contributed by atoms with Crippen LogP contribution in [0, 0.1) is 0 Å². The summed E-state index contributed by atoms with van der Waals surface area (Å²) in [6.07, 6.45) is 1.18. The second kappa shape index (κ2) is 5.44. The number of ether oxygens (including phenoxy) is 2. The van der Waals surface area contributed by atoms with Crippen LogP contribution < -0.4 is 4.74 Å². The molecule has 0 spiro atoms. The van der Waals surface area contributed by atoms with Crippen LogP contribution in [0.3, 0.4) is 0 Å². The van der Waals surface area contributed by atoms with Crippen molar-refractivity contribution in [1.82, 2.24) is 0 Å². The lowest BCUT2D eigenvalue weighted by Gasteiger charge is -2.32. The van der Waals surface area contributed by atoms with Crippen LogP contribution in [0.1, 0.15) is 60.5 Å². The molecule has 2 aromatic carbocycles. The fourth-order valence-electron chi connectivity index (χ4n) is 3.72. The van der Waals surface area contributed by atoms with E-state index >= 15 is 0 Å². The van der Waals surface area contributed by atoms with Crippen molar-refractivity contribution in [2.45, 2.75) is 44.8 Å². The smallest absolute Gasteiger partial charge is 0.124 e. The van der Waals surface area contributed by atoms with Crippen LogP contribution in [0.5, 0.6) is 5.75 Å². The third-order valence-electron chi connectivity index (χ3n) is 4.98. The highest BCUT2D eigenvalue weighted by molar-refractivity contribution is 5.41. The highest BCUT2D eigenvalue weighted by atomic mass is 16.5. The molecular formula is C20H22O2. The maximum Gasteiger partial charge on any atom is 0.124 e. The maximum absolute atomic E-state index is 6.27. The van der Waals surface area contributed by atoms with Crippen LogP contribution in [0.4, 0.5) is 0 Å². The highest BCUT2D eigenvalue weighted by Crippen LogP contribution is 2.42. The van der Waals surface area contributed by atoms with Gasteiger partial charge in [-0.1, -0.05) is 44.2 Å². The number of hydrogen-bond donors (Lipinski definition) is 0. The summed E-state index contributed by atoms with van der Waals surface area (Å²) in [6, 6.07) is 15.2. The van der Waals surface area contributed by atoms with Gasteiger partial charge < -0.3 is 9.47 Å². The molecule has 114 valence electrons. The quantitative estimate of drug-likeness (QED) is 0.741. The standard InChI is InChI=1S/C20H22O2/c1-13-9-20(22-19-6-4-3-5-18(13)19)15-7-8-17-14(2)11-21-12-16(17)10-15/h3-8,10,13-14,20H,9,11-12H2,1-2H3. The summed E-state index contributed by atoms with van der Waals surface area (Å²) in [6.45, 7) is 6.08. The van der Waals surface area contributed by atoms with Gasteiger partial charge in [-0.15, -0.1) is 0 Å². The fourth-order valence-corrected chi connectivity index (χ4v) is 3.72. The molecule has 2 aliphatic heterocycles. The third-order valence-corrected chi connectivity index (χ3v) is 4.98. The Morgan fingerprint density at radius 1 is 0.955 bits per heavy atom. The normalized spacial score (nSPS) is 26.7. The molecule has 0 radical (unpaired) electrons. The van der Waals surface area contributed by atoms with Gasteiger partial charge >= 0.3 is 0 Å². The Hall–Kier alpha value is -1.80. The minimum atomic E-state index is 0.146. The summed E-state index contributed by atoms with van der Waals surface area (Å²) < 4.78 is 12.0. The summed E-state index contributed by atoms with van der Waals surface area (Å²) in [5.41, 5.74) is 5.36. The van der Waals surface area contributed by atoms with Gasteiger partial charge in [0.15, 0.2) is 0 Å². The first-order chi connectivity index (χ1) is 10.7. The molecule has 0 aliphatic carbocycles. The van der Waals surface area contributed by atoms with Crippen LogP contribution >= 0.6 is 0 Å². The van der Waals surface area contributed by atoms with Crippen molar-refractivity contribution in [3.05, 3.63) is 64.7 Å². The molecule has 2 heteroatoms. The van der Waals surface area contributed by atoms with Crippen molar-refractivity contribution >= 4 is 0 Å². The SMILES string of the molecule is CC1COCc2cc(C3CC(C)c4ccccc4O3)ccc21. The molecule has 22 heavy (non-hydrogen) atoms. The van der Waals surface area contributed by atoms with Crippen LogP contribution in [0.15, 0.2) is 42.5 Å². The third kappa shape index (κ3) is 2.32. The average molecular weight is 294 g/mol. The number of benzene rings is 2. The van der Waals surface area contributed by atoms with Gasteiger partial charge in [0.2, 0.25) is 0 Å². The van der Waals surface area contributed by atoms with Crippen LogP contribution in [0.2, 0.25) is 0 Å². The first-order valence-corrected chi connectivity index (χ1v) is 8.18. The summed E-state index contributed by atoms with van der Waals surface area (Å²) >= 11 is 0. The Kier molecular flexibility index (Phi) is 3.42.